The molecule has 8 nitrogen and oxygen atoms in total. The monoisotopic (exact) mass is 416 g/mol. The van der Waals surface area contributed by atoms with E-state index in [1.165, 1.54) is 0 Å². The average Bonchev–Trinajstić information content (AvgIpc) is 3.17. The number of ether oxygens (including phenoxy) is 1. The Morgan fingerprint density at radius 2 is 2.05 bits per heavy atom. The molecule has 116 valence electrons. The molecule has 3 aromatic heterocycles. The number of fused-ring (bicyclic) bond motifs is 3. The van der Waals surface area contributed by atoms with Gasteiger partial charge in [0.1, 0.15) is 35.9 Å². The van der Waals surface area contributed by atoms with Crippen molar-refractivity contribution >= 4 is 39.3 Å². The van der Waals surface area contributed by atoms with Crippen LogP contribution in [0, 0.1) is 3.57 Å². The second-order valence-electron chi connectivity index (χ2n) is 5.21. The summed E-state index contributed by atoms with van der Waals surface area (Å²) in [6, 6.07) is 0. The van der Waals surface area contributed by atoms with Gasteiger partial charge in [-0.15, -0.1) is 0 Å². The third-order valence-electron chi connectivity index (χ3n) is 3.95. The number of rotatable bonds is 2. The van der Waals surface area contributed by atoms with E-state index in [1.54, 1.807) is 23.3 Å². The molecular weight excluding hydrogens is 403 g/mol. The van der Waals surface area contributed by atoms with Gasteiger partial charge in [-0.25, -0.2) is 9.97 Å². The molecule has 1 fully saturated rings. The number of aliphatic hydroxyl groups excluding tert-OH is 3. The Kier molecular flexibility index (Phi) is 3.34. The van der Waals surface area contributed by atoms with Gasteiger partial charge in [0.25, 0.3) is 0 Å². The minimum absolute atomic E-state index is 0.358. The zero-order chi connectivity index (χ0) is 15.4. The predicted molar refractivity (Wildman–Crippen MR) is 84.2 cm³/mol. The van der Waals surface area contributed by atoms with E-state index >= 15 is 0 Å². The highest BCUT2D eigenvalue weighted by atomic mass is 127. The van der Waals surface area contributed by atoms with E-state index in [9.17, 15) is 15.3 Å². The number of imidazole rings is 1. The second-order valence-corrected chi connectivity index (χ2v) is 6.38. The minimum Gasteiger partial charge on any atom is -0.394 e. The van der Waals surface area contributed by atoms with Crippen molar-refractivity contribution in [2.75, 3.05) is 6.61 Å². The van der Waals surface area contributed by atoms with Crippen molar-refractivity contribution in [1.29, 1.82) is 0 Å². The highest BCUT2D eigenvalue weighted by Gasteiger charge is 2.44. The van der Waals surface area contributed by atoms with E-state index in [4.69, 9.17) is 4.74 Å². The summed E-state index contributed by atoms with van der Waals surface area (Å²) in [5.74, 6) is 0. The SMILES string of the molecule is OC[C@H]1O[C@@H](n2cc(I)c3c2ncn2ccnc32)[C@H](O)[C@@H]1O. The summed E-state index contributed by atoms with van der Waals surface area (Å²) in [5.41, 5.74) is 1.37. The molecule has 0 amide bonds. The van der Waals surface area contributed by atoms with Gasteiger partial charge in [0.05, 0.1) is 12.0 Å². The normalized spacial score (nSPS) is 28.9. The highest BCUT2D eigenvalue weighted by molar-refractivity contribution is 14.1. The van der Waals surface area contributed by atoms with Crippen LogP contribution >= 0.6 is 22.6 Å². The molecule has 3 aromatic rings. The first-order valence-electron chi connectivity index (χ1n) is 6.72. The molecular formula is C13H13IN4O4. The fourth-order valence-electron chi connectivity index (χ4n) is 2.84. The lowest BCUT2D eigenvalue weighted by atomic mass is 10.1. The Morgan fingerprint density at radius 1 is 1.23 bits per heavy atom. The van der Waals surface area contributed by atoms with Gasteiger partial charge in [-0.3, -0.25) is 4.40 Å². The maximum absolute atomic E-state index is 10.2. The Labute approximate surface area is 138 Å². The van der Waals surface area contributed by atoms with Crippen LogP contribution in [0.4, 0.5) is 0 Å². The smallest absolute Gasteiger partial charge is 0.164 e. The zero-order valence-electron chi connectivity index (χ0n) is 11.2. The van der Waals surface area contributed by atoms with Crippen LogP contribution in [0.3, 0.4) is 0 Å². The molecule has 1 aliphatic heterocycles. The van der Waals surface area contributed by atoms with Gasteiger partial charge >= 0.3 is 0 Å². The number of halogens is 1. The van der Waals surface area contributed by atoms with Crippen molar-refractivity contribution in [3.8, 4) is 0 Å². The van der Waals surface area contributed by atoms with E-state index in [0.717, 1.165) is 14.6 Å². The molecule has 0 bridgehead atoms. The fraction of sp³-hybridized carbons (Fsp3) is 0.385. The highest BCUT2D eigenvalue weighted by Crippen LogP contribution is 2.34. The van der Waals surface area contributed by atoms with Crippen LogP contribution in [-0.4, -0.2) is 59.2 Å². The molecule has 4 rings (SSSR count). The largest absolute Gasteiger partial charge is 0.394 e. The van der Waals surface area contributed by atoms with Gasteiger partial charge in [-0.2, -0.15) is 0 Å². The Bertz CT molecular complexity index is 847. The van der Waals surface area contributed by atoms with Crippen LogP contribution in [-0.2, 0) is 4.74 Å². The minimum atomic E-state index is -1.14. The topological polar surface area (TPSA) is 105 Å². The maximum Gasteiger partial charge on any atom is 0.164 e. The zero-order valence-corrected chi connectivity index (χ0v) is 13.4. The standard InChI is InChI=1S/C13H13IN4O4/c14-6-3-18(13-10(21)9(20)7(4-19)22-13)12-8(6)11-15-1-2-17(11)5-16-12/h1-3,5,7,9-10,13,19-21H,4H2/t7-,9-,10-,13-/m1/s1. The Balaban J connectivity index is 1.89. The summed E-state index contributed by atoms with van der Waals surface area (Å²) in [6.45, 7) is -0.358. The van der Waals surface area contributed by atoms with E-state index in [2.05, 4.69) is 32.6 Å². The van der Waals surface area contributed by atoms with Crippen molar-refractivity contribution in [3.63, 3.8) is 0 Å². The molecule has 0 aliphatic carbocycles. The van der Waals surface area contributed by atoms with E-state index in [1.807, 2.05) is 10.6 Å². The van der Waals surface area contributed by atoms with Crippen molar-refractivity contribution < 1.29 is 20.1 Å². The van der Waals surface area contributed by atoms with Gasteiger partial charge in [-0.1, -0.05) is 0 Å². The van der Waals surface area contributed by atoms with Crippen LogP contribution in [0.15, 0.2) is 24.9 Å². The van der Waals surface area contributed by atoms with Crippen LogP contribution in [0.5, 0.6) is 0 Å². The first kappa shape index (κ1) is 14.3. The van der Waals surface area contributed by atoms with E-state index < -0.39 is 24.5 Å². The molecule has 4 atom stereocenters. The first-order chi connectivity index (χ1) is 10.6. The molecule has 9 heteroatoms. The summed E-state index contributed by atoms with van der Waals surface area (Å²) in [7, 11) is 0. The Hall–Kier alpha value is -1.27. The summed E-state index contributed by atoms with van der Waals surface area (Å²) in [5, 5.41) is 30.2. The van der Waals surface area contributed by atoms with Crippen LogP contribution in [0.2, 0.25) is 0 Å². The van der Waals surface area contributed by atoms with Crippen molar-refractivity contribution in [1.82, 2.24) is 18.9 Å². The van der Waals surface area contributed by atoms with Crippen LogP contribution < -0.4 is 0 Å². The summed E-state index contributed by atoms with van der Waals surface area (Å²) in [6.07, 6.45) is 3.04. The van der Waals surface area contributed by atoms with Gasteiger partial charge < -0.3 is 24.6 Å². The number of aliphatic hydroxyl groups is 3. The molecule has 0 saturated carbocycles. The first-order valence-corrected chi connectivity index (χ1v) is 7.80. The molecule has 0 unspecified atom stereocenters. The van der Waals surface area contributed by atoms with Crippen LogP contribution in [0.1, 0.15) is 6.23 Å². The molecule has 3 N–H and O–H groups in total. The fourth-order valence-corrected chi connectivity index (χ4v) is 3.62. The Morgan fingerprint density at radius 3 is 2.77 bits per heavy atom. The van der Waals surface area contributed by atoms with Gasteiger partial charge in [-0.05, 0) is 22.6 Å². The number of nitrogens with zero attached hydrogens (tertiary/aromatic N) is 4. The van der Waals surface area contributed by atoms with Crippen molar-refractivity contribution in [2.45, 2.75) is 24.5 Å². The molecule has 0 radical (unpaired) electrons. The van der Waals surface area contributed by atoms with Gasteiger partial charge in [0.15, 0.2) is 6.23 Å². The van der Waals surface area contributed by atoms with E-state index in [0.29, 0.717) is 5.65 Å². The lowest BCUT2D eigenvalue weighted by Crippen LogP contribution is -2.33. The lowest BCUT2D eigenvalue weighted by Gasteiger charge is -2.17. The molecule has 0 spiro atoms. The van der Waals surface area contributed by atoms with Crippen molar-refractivity contribution in [2.24, 2.45) is 0 Å². The molecule has 1 aliphatic rings. The molecule has 22 heavy (non-hydrogen) atoms. The summed E-state index contributed by atoms with van der Waals surface area (Å²) in [4.78, 5) is 8.73. The molecule has 1 saturated heterocycles. The lowest BCUT2D eigenvalue weighted by molar-refractivity contribution is -0.0509. The second kappa shape index (κ2) is 5.13. The third kappa shape index (κ3) is 1.90. The average molecular weight is 416 g/mol. The van der Waals surface area contributed by atoms with E-state index in [-0.39, 0.29) is 6.61 Å². The van der Waals surface area contributed by atoms with Gasteiger partial charge in [0, 0.05) is 22.2 Å². The summed E-state index contributed by atoms with van der Waals surface area (Å²) < 4.78 is 9.98. The number of hydrogen-bond donors (Lipinski definition) is 3. The number of hydrogen-bond acceptors (Lipinski definition) is 6. The third-order valence-corrected chi connectivity index (χ3v) is 4.77. The molecule has 4 heterocycles. The quantitative estimate of drug-likeness (QED) is 0.504. The predicted octanol–water partition coefficient (Wildman–Crippen LogP) is -0.0999. The van der Waals surface area contributed by atoms with Gasteiger partial charge in [0.2, 0.25) is 0 Å². The van der Waals surface area contributed by atoms with Crippen LogP contribution in [0.25, 0.3) is 16.7 Å². The summed E-state index contributed by atoms with van der Waals surface area (Å²) >= 11 is 2.17. The maximum atomic E-state index is 10.2. The molecule has 0 aromatic carbocycles. The van der Waals surface area contributed by atoms with Crippen molar-refractivity contribution in [3.05, 3.63) is 28.5 Å². The number of aromatic nitrogens is 4.